The number of unbranched alkanes of at least 4 members (excludes halogenated alkanes) is 3. The zero-order chi connectivity index (χ0) is 27.6. The van der Waals surface area contributed by atoms with Crippen LogP contribution in [0.15, 0.2) is 37.6 Å². The van der Waals surface area contributed by atoms with Crippen LogP contribution in [0.4, 0.5) is 0 Å². The first-order valence-electron chi connectivity index (χ1n) is 12.1. The van der Waals surface area contributed by atoms with Gasteiger partial charge < -0.3 is 0 Å². The quantitative estimate of drug-likeness (QED) is 0.0571. The molecule has 209 valence electrons. The van der Waals surface area contributed by atoms with Crippen LogP contribution in [0, 0.1) is 5.41 Å². The average molecular weight is 556 g/mol. The molecule has 0 aromatic rings. The van der Waals surface area contributed by atoms with Gasteiger partial charge in [0.2, 0.25) is 0 Å². The molecule has 36 heavy (non-hydrogen) atoms. The van der Waals surface area contributed by atoms with Gasteiger partial charge >= 0.3 is 207 Å². The monoisotopic (exact) mass is 555 g/mol. The molecule has 0 bridgehead atoms. The third kappa shape index (κ3) is 17.2. The summed E-state index contributed by atoms with van der Waals surface area (Å²) in [5.41, 5.74) is -0.356. The topological polar surface area (TPSA) is 105 Å². The summed E-state index contributed by atoms with van der Waals surface area (Å²) >= 11 is -1.65. The molecule has 0 saturated carbocycles. The van der Waals surface area contributed by atoms with Gasteiger partial charge in [0, 0.05) is 0 Å². The van der Waals surface area contributed by atoms with Crippen molar-refractivity contribution in [1.82, 2.24) is 0 Å². The van der Waals surface area contributed by atoms with Gasteiger partial charge in [0.1, 0.15) is 0 Å². The molecule has 0 radical (unpaired) electrons. The van der Waals surface area contributed by atoms with Crippen LogP contribution in [0.25, 0.3) is 0 Å². The summed E-state index contributed by atoms with van der Waals surface area (Å²) in [6.07, 6.45) is 6.68. The van der Waals surface area contributed by atoms with E-state index in [1.54, 1.807) is 0 Å². The van der Waals surface area contributed by atoms with Crippen molar-refractivity contribution in [2.75, 3.05) is 26.4 Å². The predicted octanol–water partition coefficient (Wildman–Crippen LogP) is 5.86. The number of hydrogen-bond donors (Lipinski definition) is 0. The Kier molecular flexibility index (Phi) is 16.9. The molecule has 9 heteroatoms. The number of carbonyl (C=O) groups excluding carboxylic acids is 3. The smallest absolute Gasteiger partial charge is 0.0918 e. The van der Waals surface area contributed by atoms with Gasteiger partial charge in [0.25, 0.3) is 0 Å². The van der Waals surface area contributed by atoms with E-state index in [2.05, 4.69) is 19.7 Å². The Bertz CT molecular complexity index is 770. The van der Waals surface area contributed by atoms with Gasteiger partial charge in [0.05, 0.1) is 0 Å². The fourth-order valence-electron chi connectivity index (χ4n) is 2.66. The van der Waals surface area contributed by atoms with Crippen LogP contribution in [0.3, 0.4) is 0 Å². The molecule has 0 amide bonds. The molecule has 0 aromatic carbocycles. The van der Waals surface area contributed by atoms with E-state index in [-0.39, 0.29) is 24.4 Å². The Morgan fingerprint density at radius 2 is 1.28 bits per heavy atom. The first kappa shape index (κ1) is 33.7. The van der Waals surface area contributed by atoms with Crippen LogP contribution in [-0.4, -0.2) is 44.3 Å². The molecule has 0 aromatic heterocycles. The minimum absolute atomic E-state index is 0.0804. The number of ether oxygens (including phenoxy) is 4. The molecular formula is C27H44CoO8. The van der Waals surface area contributed by atoms with E-state index in [0.29, 0.717) is 56.6 Å². The summed E-state index contributed by atoms with van der Waals surface area (Å²) in [7, 11) is 0. The Morgan fingerprint density at radius 3 is 1.83 bits per heavy atom. The summed E-state index contributed by atoms with van der Waals surface area (Å²) in [6.45, 7) is 19.3. The molecule has 0 aliphatic rings. The minimum atomic E-state index is -1.65. The van der Waals surface area contributed by atoms with Crippen molar-refractivity contribution in [3.05, 3.63) is 37.6 Å². The summed E-state index contributed by atoms with van der Waals surface area (Å²) in [5, 5.41) is 0.415. The summed E-state index contributed by atoms with van der Waals surface area (Å²) in [5.74, 6) is -0.572. The number of rotatable bonds is 21. The van der Waals surface area contributed by atoms with Crippen molar-refractivity contribution >= 4 is 17.9 Å². The number of esters is 3. The fraction of sp³-hybridized carbons (Fsp3) is 0.667. The van der Waals surface area contributed by atoms with E-state index in [1.165, 1.54) is 0 Å². The van der Waals surface area contributed by atoms with Gasteiger partial charge in [0.15, 0.2) is 0 Å². The molecule has 0 rings (SSSR count). The number of carbonyl (C=O) groups is 3. The van der Waals surface area contributed by atoms with Crippen molar-refractivity contribution < 1.29 is 50.8 Å². The minimum Gasteiger partial charge on any atom is -0.0918 e. The van der Waals surface area contributed by atoms with Crippen molar-refractivity contribution in [3.8, 4) is 0 Å². The second-order valence-electron chi connectivity index (χ2n) is 9.72. The molecule has 0 fully saturated rings. The maximum absolute atomic E-state index is 13.1. The molecule has 0 aliphatic carbocycles. The zero-order valence-electron chi connectivity index (χ0n) is 22.4. The first-order valence-corrected chi connectivity index (χ1v) is 13.8. The Labute approximate surface area is 220 Å². The molecule has 0 saturated heterocycles. The standard InChI is InChI=1S/C14H23O3.C13H21O4.Co.O/c1-6-13(15)16-10-8-7-9-12(2)17-11-14(3,4)5;1-4-12(14)16-9-7-5-6-8-13(15)17-10-11(2)3;;/h6H,1-3,7-11H2,4-5H3;4H,1,5-10H2,2-3H3;;. The van der Waals surface area contributed by atoms with Crippen molar-refractivity contribution in [3.63, 3.8) is 0 Å². The van der Waals surface area contributed by atoms with E-state index >= 15 is 0 Å². The average Bonchev–Trinajstić information content (AvgIpc) is 2.82. The summed E-state index contributed by atoms with van der Waals surface area (Å²) < 4.78 is 33.4. The molecule has 0 unspecified atom stereocenters. The zero-order valence-corrected chi connectivity index (χ0v) is 23.4. The van der Waals surface area contributed by atoms with Crippen LogP contribution in [0.5, 0.6) is 0 Å². The van der Waals surface area contributed by atoms with Gasteiger partial charge in [-0.15, -0.1) is 0 Å². The van der Waals surface area contributed by atoms with Crippen molar-refractivity contribution in [2.24, 2.45) is 5.41 Å². The molecule has 8 nitrogen and oxygen atoms in total. The Balaban J connectivity index is 4.21. The summed E-state index contributed by atoms with van der Waals surface area (Å²) in [4.78, 5) is 34.0. The number of hydrogen-bond acceptors (Lipinski definition) is 8. The molecule has 0 spiro atoms. The molecule has 0 atom stereocenters. The molecule has 0 N–H and O–H groups in total. The fourth-order valence-corrected chi connectivity index (χ4v) is 4.42. The first-order chi connectivity index (χ1) is 16.8. The SMILES string of the molecule is C=CC(=O)OCCCCCC(=O)OC[C](C)(C)[Co](=[O])[CH2]C(C)(C)COC(=C)CCCCOC(=O)C=C. The van der Waals surface area contributed by atoms with Crippen LogP contribution >= 0.6 is 0 Å². The predicted molar refractivity (Wildman–Crippen MR) is 134 cm³/mol. The third-order valence-corrected chi connectivity index (χ3v) is 7.92. The molecule has 0 heterocycles. The third-order valence-electron chi connectivity index (χ3n) is 4.86. The van der Waals surface area contributed by atoms with E-state index in [9.17, 15) is 18.2 Å². The normalized spacial score (nSPS) is 11.7. The van der Waals surface area contributed by atoms with Gasteiger partial charge in [-0.05, 0) is 0 Å². The van der Waals surface area contributed by atoms with E-state index < -0.39 is 29.9 Å². The van der Waals surface area contributed by atoms with E-state index in [1.807, 2.05) is 27.7 Å². The van der Waals surface area contributed by atoms with Gasteiger partial charge in [-0.2, -0.15) is 0 Å². The van der Waals surface area contributed by atoms with Gasteiger partial charge in [-0.3, -0.25) is 0 Å². The van der Waals surface area contributed by atoms with Crippen molar-refractivity contribution in [1.29, 1.82) is 0 Å². The van der Waals surface area contributed by atoms with E-state index in [0.717, 1.165) is 25.0 Å². The van der Waals surface area contributed by atoms with Gasteiger partial charge in [-0.1, -0.05) is 13.2 Å². The number of allylic oxidation sites excluding steroid dienone is 1. The molecule has 0 aliphatic heterocycles. The Morgan fingerprint density at radius 1 is 0.750 bits per heavy atom. The van der Waals surface area contributed by atoms with Crippen LogP contribution in [0.1, 0.15) is 72.6 Å². The summed E-state index contributed by atoms with van der Waals surface area (Å²) in [6, 6.07) is 0. The van der Waals surface area contributed by atoms with Crippen LogP contribution in [-0.2, 0) is 50.8 Å². The van der Waals surface area contributed by atoms with Crippen LogP contribution < -0.4 is 0 Å². The Hall–Kier alpha value is -2.26. The van der Waals surface area contributed by atoms with E-state index in [4.69, 9.17) is 18.9 Å². The van der Waals surface area contributed by atoms with Crippen LogP contribution in [0.2, 0.25) is 9.70 Å². The molecular weight excluding hydrogens is 511 g/mol. The second-order valence-corrected chi connectivity index (χ2v) is 12.4. The second kappa shape index (κ2) is 18.1. The van der Waals surface area contributed by atoms with Gasteiger partial charge in [-0.25, -0.2) is 0 Å². The van der Waals surface area contributed by atoms with Crippen molar-refractivity contribution in [2.45, 2.75) is 82.3 Å². The maximum atomic E-state index is 13.1.